The van der Waals surface area contributed by atoms with E-state index < -0.39 is 11.8 Å². The summed E-state index contributed by atoms with van der Waals surface area (Å²) in [5.74, 6) is 0.113. The van der Waals surface area contributed by atoms with Gasteiger partial charge in [0.05, 0.1) is 0 Å². The first-order chi connectivity index (χ1) is 10.5. The Morgan fingerprint density at radius 3 is 2.18 bits per heavy atom. The Morgan fingerprint density at radius 1 is 1.05 bits per heavy atom. The molecule has 0 aliphatic rings. The molecular weight excluding hydrogens is 304 g/mol. The van der Waals surface area contributed by atoms with Gasteiger partial charge in [0.1, 0.15) is 11.5 Å². The Kier molecular flexibility index (Phi) is 5.22. The molecule has 0 bridgehead atoms. The van der Waals surface area contributed by atoms with Crippen molar-refractivity contribution in [3.8, 4) is 0 Å². The van der Waals surface area contributed by atoms with E-state index in [-0.39, 0.29) is 13.1 Å². The Hall–Kier alpha value is -2.27. The largest absolute Gasteiger partial charge is 0.466 e. The molecule has 0 aliphatic heterocycles. The molecule has 0 unspecified atom stereocenters. The summed E-state index contributed by atoms with van der Waals surface area (Å²) in [6.45, 7) is 4.10. The molecule has 2 amide bonds. The minimum Gasteiger partial charge on any atom is -0.466 e. The van der Waals surface area contributed by atoms with Crippen molar-refractivity contribution in [3.63, 3.8) is 0 Å². The topological polar surface area (TPSA) is 71.3 Å². The second kappa shape index (κ2) is 7.13. The van der Waals surface area contributed by atoms with Gasteiger partial charge in [-0.3, -0.25) is 9.59 Å². The van der Waals surface area contributed by atoms with Crippen molar-refractivity contribution in [2.75, 3.05) is 0 Å². The Morgan fingerprint density at radius 2 is 1.64 bits per heavy atom. The van der Waals surface area contributed by atoms with Crippen LogP contribution in [-0.4, -0.2) is 11.8 Å². The van der Waals surface area contributed by atoms with Crippen molar-refractivity contribution in [3.05, 3.63) is 58.0 Å². The lowest BCUT2D eigenvalue weighted by Gasteiger charge is -2.07. The zero-order chi connectivity index (χ0) is 16.1. The number of amides is 2. The number of furan rings is 1. The maximum absolute atomic E-state index is 11.8. The molecule has 0 fully saturated rings. The minimum absolute atomic E-state index is 0.204. The zero-order valence-corrected chi connectivity index (χ0v) is 13.2. The van der Waals surface area contributed by atoms with Crippen LogP contribution in [0.25, 0.3) is 0 Å². The van der Waals surface area contributed by atoms with Gasteiger partial charge in [0, 0.05) is 23.7 Å². The van der Waals surface area contributed by atoms with E-state index in [1.807, 2.05) is 26.0 Å². The summed E-state index contributed by atoms with van der Waals surface area (Å²) in [6, 6.07) is 8.97. The van der Waals surface area contributed by atoms with Crippen molar-refractivity contribution >= 4 is 23.4 Å². The fourth-order valence-electron chi connectivity index (χ4n) is 2.01. The van der Waals surface area contributed by atoms with E-state index >= 15 is 0 Å². The summed E-state index contributed by atoms with van der Waals surface area (Å²) < 4.78 is 5.36. The van der Waals surface area contributed by atoms with Crippen LogP contribution in [0.3, 0.4) is 0 Å². The molecule has 0 radical (unpaired) electrons. The van der Waals surface area contributed by atoms with Gasteiger partial charge in [-0.2, -0.15) is 0 Å². The summed E-state index contributed by atoms with van der Waals surface area (Å²) in [6.07, 6.45) is 0. The molecule has 1 aromatic carbocycles. The third-order valence-electron chi connectivity index (χ3n) is 3.19. The van der Waals surface area contributed by atoms with Crippen LogP contribution in [0.5, 0.6) is 0 Å². The van der Waals surface area contributed by atoms with Gasteiger partial charge in [-0.15, -0.1) is 0 Å². The summed E-state index contributed by atoms with van der Waals surface area (Å²) >= 11 is 5.99. The first-order valence-electron chi connectivity index (χ1n) is 6.82. The third kappa shape index (κ3) is 4.11. The molecule has 2 aromatic rings. The van der Waals surface area contributed by atoms with Crippen molar-refractivity contribution < 1.29 is 14.0 Å². The van der Waals surface area contributed by atoms with Crippen molar-refractivity contribution in [1.82, 2.24) is 10.6 Å². The highest BCUT2D eigenvalue weighted by molar-refractivity contribution is 6.35. The Bertz CT molecular complexity index is 694. The maximum atomic E-state index is 11.8. The molecule has 1 heterocycles. The fourth-order valence-corrected chi connectivity index (χ4v) is 2.21. The molecule has 2 N–H and O–H groups in total. The SMILES string of the molecule is Cc1cc(CNC(=O)C(=O)NCc2ccccc2Cl)c(C)o1. The van der Waals surface area contributed by atoms with E-state index in [9.17, 15) is 9.59 Å². The molecule has 2 rings (SSSR count). The molecule has 22 heavy (non-hydrogen) atoms. The first-order valence-corrected chi connectivity index (χ1v) is 7.20. The average molecular weight is 321 g/mol. The van der Waals surface area contributed by atoms with Crippen LogP contribution in [0.15, 0.2) is 34.7 Å². The van der Waals surface area contributed by atoms with Crippen LogP contribution in [-0.2, 0) is 22.7 Å². The predicted octanol–water partition coefficient (Wildman–Crippen LogP) is 2.48. The highest BCUT2D eigenvalue weighted by atomic mass is 35.5. The Balaban J connectivity index is 1.84. The third-order valence-corrected chi connectivity index (χ3v) is 3.56. The van der Waals surface area contributed by atoms with Gasteiger partial charge in [-0.05, 0) is 31.5 Å². The summed E-state index contributed by atoms with van der Waals surface area (Å²) in [5, 5.41) is 5.65. The van der Waals surface area contributed by atoms with Crippen LogP contribution in [0.2, 0.25) is 5.02 Å². The zero-order valence-electron chi connectivity index (χ0n) is 12.4. The maximum Gasteiger partial charge on any atom is 0.309 e. The van der Waals surface area contributed by atoms with Gasteiger partial charge in [0.2, 0.25) is 0 Å². The standard InChI is InChI=1S/C16H17ClN2O3/c1-10-7-13(11(2)22-10)9-19-16(21)15(20)18-8-12-5-3-4-6-14(12)17/h3-7H,8-9H2,1-2H3,(H,18,20)(H,19,21). The number of carbonyl (C=O) groups is 2. The molecule has 6 heteroatoms. The minimum atomic E-state index is -0.696. The molecule has 0 saturated heterocycles. The van der Waals surface area contributed by atoms with E-state index in [0.717, 1.165) is 22.6 Å². The lowest BCUT2D eigenvalue weighted by molar-refractivity contribution is -0.139. The molecule has 0 aliphatic carbocycles. The van der Waals surface area contributed by atoms with E-state index in [4.69, 9.17) is 16.0 Å². The quantitative estimate of drug-likeness (QED) is 0.850. The van der Waals surface area contributed by atoms with E-state index in [0.29, 0.717) is 5.02 Å². The molecule has 5 nitrogen and oxygen atoms in total. The van der Waals surface area contributed by atoms with Gasteiger partial charge in [0.15, 0.2) is 0 Å². The fraction of sp³-hybridized carbons (Fsp3) is 0.250. The van der Waals surface area contributed by atoms with Crippen LogP contribution >= 0.6 is 11.6 Å². The number of nitrogens with one attached hydrogen (secondary N) is 2. The number of carbonyl (C=O) groups excluding carboxylic acids is 2. The summed E-state index contributed by atoms with van der Waals surface area (Å²) in [5.41, 5.74) is 1.61. The number of rotatable bonds is 4. The monoisotopic (exact) mass is 320 g/mol. The van der Waals surface area contributed by atoms with Crippen molar-refractivity contribution in [1.29, 1.82) is 0 Å². The number of halogens is 1. The predicted molar refractivity (Wildman–Crippen MR) is 83.3 cm³/mol. The average Bonchev–Trinajstić information content (AvgIpc) is 2.81. The van der Waals surface area contributed by atoms with Gasteiger partial charge >= 0.3 is 11.8 Å². The van der Waals surface area contributed by atoms with Crippen LogP contribution in [0.1, 0.15) is 22.6 Å². The number of aryl methyl sites for hydroxylation is 2. The lowest BCUT2D eigenvalue weighted by atomic mass is 10.2. The van der Waals surface area contributed by atoms with Crippen molar-refractivity contribution in [2.45, 2.75) is 26.9 Å². The van der Waals surface area contributed by atoms with Gasteiger partial charge in [0.25, 0.3) is 0 Å². The van der Waals surface area contributed by atoms with E-state index in [1.165, 1.54) is 0 Å². The van der Waals surface area contributed by atoms with E-state index in [1.54, 1.807) is 18.2 Å². The van der Waals surface area contributed by atoms with Crippen molar-refractivity contribution in [2.24, 2.45) is 0 Å². The first kappa shape index (κ1) is 16.1. The van der Waals surface area contributed by atoms with Gasteiger partial charge in [-0.1, -0.05) is 29.8 Å². The van der Waals surface area contributed by atoms with Crippen LogP contribution < -0.4 is 10.6 Å². The smallest absolute Gasteiger partial charge is 0.309 e. The lowest BCUT2D eigenvalue weighted by Crippen LogP contribution is -2.39. The summed E-state index contributed by atoms with van der Waals surface area (Å²) in [7, 11) is 0. The van der Waals surface area contributed by atoms with Gasteiger partial charge in [-0.25, -0.2) is 0 Å². The van der Waals surface area contributed by atoms with Crippen LogP contribution in [0.4, 0.5) is 0 Å². The molecule has 0 spiro atoms. The number of hydrogen-bond donors (Lipinski definition) is 2. The molecule has 0 atom stereocenters. The van der Waals surface area contributed by atoms with E-state index in [2.05, 4.69) is 10.6 Å². The molecule has 1 aromatic heterocycles. The molecule has 0 saturated carbocycles. The second-order valence-electron chi connectivity index (χ2n) is 4.90. The summed E-state index contributed by atoms with van der Waals surface area (Å²) in [4.78, 5) is 23.5. The molecule has 116 valence electrons. The normalized spacial score (nSPS) is 10.3. The Labute approximate surface area is 133 Å². The van der Waals surface area contributed by atoms with Crippen LogP contribution in [0, 0.1) is 13.8 Å². The highest BCUT2D eigenvalue weighted by Crippen LogP contribution is 2.14. The highest BCUT2D eigenvalue weighted by Gasteiger charge is 2.14. The molecular formula is C16H17ClN2O3. The second-order valence-corrected chi connectivity index (χ2v) is 5.30. The van der Waals surface area contributed by atoms with Gasteiger partial charge < -0.3 is 15.1 Å². The number of hydrogen-bond acceptors (Lipinski definition) is 3. The number of benzene rings is 1.